The molecule has 0 radical (unpaired) electrons. The number of imidazole rings is 1. The highest BCUT2D eigenvalue weighted by atomic mass is 16.5. The first-order valence-electron chi connectivity index (χ1n) is 10.8. The second-order valence-corrected chi connectivity index (χ2v) is 8.26. The Balaban J connectivity index is 1.42. The van der Waals surface area contributed by atoms with Crippen LogP contribution in [0.25, 0.3) is 16.8 Å². The Bertz CT molecular complexity index is 1290. The molecule has 2 aromatic carbocycles. The maximum atomic E-state index is 11.2. The van der Waals surface area contributed by atoms with Gasteiger partial charge in [0, 0.05) is 23.9 Å². The van der Waals surface area contributed by atoms with Gasteiger partial charge < -0.3 is 16.2 Å². The first kappa shape index (κ1) is 20.1. The normalized spacial score (nSPS) is 13.8. The summed E-state index contributed by atoms with van der Waals surface area (Å²) in [6.45, 7) is 0.386. The zero-order chi connectivity index (χ0) is 22.1. The van der Waals surface area contributed by atoms with E-state index in [0.29, 0.717) is 18.3 Å². The number of nitrogens with two attached hydrogens (primary N) is 2. The van der Waals surface area contributed by atoms with Crippen molar-refractivity contribution in [2.75, 3.05) is 5.73 Å². The third kappa shape index (κ3) is 3.89. The van der Waals surface area contributed by atoms with E-state index in [2.05, 4.69) is 9.38 Å². The van der Waals surface area contributed by atoms with Crippen LogP contribution in [-0.2, 0) is 17.8 Å². The molecule has 5 rings (SSSR count). The van der Waals surface area contributed by atoms with Crippen LogP contribution in [0, 0.1) is 0 Å². The Morgan fingerprint density at radius 2 is 1.94 bits per heavy atom. The van der Waals surface area contributed by atoms with E-state index in [9.17, 15) is 4.79 Å². The molecular formula is C25H25N5O2. The minimum Gasteiger partial charge on any atom is -0.489 e. The van der Waals surface area contributed by atoms with Crippen LogP contribution in [-0.4, -0.2) is 20.3 Å². The fourth-order valence-electron chi connectivity index (χ4n) is 4.17. The molecule has 1 saturated carbocycles. The summed E-state index contributed by atoms with van der Waals surface area (Å²) in [6, 6.07) is 15.6. The van der Waals surface area contributed by atoms with Gasteiger partial charge in [-0.3, -0.25) is 9.20 Å². The van der Waals surface area contributed by atoms with Crippen LogP contribution in [0.4, 0.5) is 5.82 Å². The number of anilines is 1. The predicted octanol–water partition coefficient (Wildman–Crippen LogP) is 3.85. The summed E-state index contributed by atoms with van der Waals surface area (Å²) in [5.74, 6) is 2.37. The number of primary amides is 1. The van der Waals surface area contributed by atoms with Gasteiger partial charge in [0.1, 0.15) is 35.2 Å². The summed E-state index contributed by atoms with van der Waals surface area (Å²) in [4.78, 5) is 20.5. The Morgan fingerprint density at radius 3 is 2.72 bits per heavy atom. The van der Waals surface area contributed by atoms with Crippen LogP contribution < -0.4 is 16.2 Å². The highest BCUT2D eigenvalue weighted by Gasteiger charge is 2.26. The van der Waals surface area contributed by atoms with Gasteiger partial charge in [0.25, 0.3) is 0 Å². The van der Waals surface area contributed by atoms with E-state index in [1.165, 1.54) is 6.42 Å². The average molecular weight is 428 g/mol. The molecule has 1 fully saturated rings. The molecule has 4 aromatic rings. The second kappa shape index (κ2) is 8.34. The van der Waals surface area contributed by atoms with Crippen molar-refractivity contribution in [3.8, 4) is 17.0 Å². The molecule has 0 spiro atoms. The number of carbonyl (C=O) groups is 1. The molecule has 0 unspecified atom stereocenters. The Morgan fingerprint density at radius 1 is 1.12 bits per heavy atom. The largest absolute Gasteiger partial charge is 0.489 e. The van der Waals surface area contributed by atoms with Crippen molar-refractivity contribution < 1.29 is 9.53 Å². The number of hydrogen-bond acceptors (Lipinski definition) is 5. The van der Waals surface area contributed by atoms with E-state index in [-0.39, 0.29) is 12.3 Å². The van der Waals surface area contributed by atoms with Crippen LogP contribution in [0.1, 0.15) is 42.1 Å². The quantitative estimate of drug-likeness (QED) is 0.466. The van der Waals surface area contributed by atoms with Crippen molar-refractivity contribution in [2.24, 2.45) is 5.73 Å². The van der Waals surface area contributed by atoms with Crippen LogP contribution in [0.15, 0.2) is 60.9 Å². The van der Waals surface area contributed by atoms with Gasteiger partial charge in [-0.25, -0.2) is 9.97 Å². The molecule has 0 atom stereocenters. The molecule has 7 heteroatoms. The summed E-state index contributed by atoms with van der Waals surface area (Å²) in [5, 5.41) is 0. The van der Waals surface area contributed by atoms with E-state index in [1.54, 1.807) is 6.20 Å². The molecule has 7 nitrogen and oxygen atoms in total. The zero-order valence-corrected chi connectivity index (χ0v) is 17.7. The van der Waals surface area contributed by atoms with Crippen molar-refractivity contribution in [2.45, 2.75) is 38.2 Å². The SMILES string of the molecule is NC(=O)Cc1cccc(COc2cccc(-c3nc(C4CCC4)n4ccnc(N)c34)c2)c1. The Kier molecular flexibility index (Phi) is 5.23. The lowest BCUT2D eigenvalue weighted by Gasteiger charge is -2.23. The first-order valence-corrected chi connectivity index (χ1v) is 10.8. The first-order chi connectivity index (χ1) is 15.6. The highest BCUT2D eigenvalue weighted by molar-refractivity contribution is 5.85. The molecule has 162 valence electrons. The van der Waals surface area contributed by atoms with E-state index in [4.69, 9.17) is 21.2 Å². The van der Waals surface area contributed by atoms with Crippen molar-refractivity contribution in [3.63, 3.8) is 0 Å². The number of aromatic nitrogens is 3. The van der Waals surface area contributed by atoms with E-state index in [0.717, 1.165) is 52.3 Å². The van der Waals surface area contributed by atoms with E-state index < -0.39 is 0 Å². The third-order valence-electron chi connectivity index (χ3n) is 5.96. The van der Waals surface area contributed by atoms with Gasteiger partial charge in [-0.15, -0.1) is 0 Å². The van der Waals surface area contributed by atoms with Gasteiger partial charge in [0.05, 0.1) is 6.42 Å². The maximum absolute atomic E-state index is 11.2. The number of fused-ring (bicyclic) bond motifs is 1. The number of hydrogen-bond donors (Lipinski definition) is 2. The van der Waals surface area contributed by atoms with Crippen molar-refractivity contribution >= 4 is 17.2 Å². The third-order valence-corrected chi connectivity index (χ3v) is 5.96. The maximum Gasteiger partial charge on any atom is 0.221 e. The molecule has 0 saturated heterocycles. The molecule has 1 amide bonds. The van der Waals surface area contributed by atoms with Gasteiger partial charge in [0.2, 0.25) is 5.91 Å². The molecule has 4 N–H and O–H groups in total. The number of nitrogen functional groups attached to an aromatic ring is 1. The second-order valence-electron chi connectivity index (χ2n) is 8.26. The molecule has 1 aliphatic carbocycles. The number of carbonyl (C=O) groups excluding carboxylic acids is 1. The summed E-state index contributed by atoms with van der Waals surface area (Å²) in [6.07, 6.45) is 7.42. The standard InChI is InChI=1S/C25H25N5O2/c26-21(31)13-16-4-1-5-17(12-16)15-32-20-9-3-8-19(14-20)22-23-24(27)28-10-11-30(23)25(29-22)18-6-2-7-18/h1,3-5,8-12,14,18H,2,6-7,13,15H2,(H2,26,31)(H2,27,28). The zero-order valence-electron chi connectivity index (χ0n) is 17.7. The van der Waals surface area contributed by atoms with Gasteiger partial charge in [-0.1, -0.05) is 42.8 Å². The van der Waals surface area contributed by atoms with E-state index >= 15 is 0 Å². The van der Waals surface area contributed by atoms with E-state index in [1.807, 2.05) is 54.7 Å². The minimum atomic E-state index is -0.349. The number of amides is 1. The summed E-state index contributed by atoms with van der Waals surface area (Å²) >= 11 is 0. The van der Waals surface area contributed by atoms with Gasteiger partial charge in [0.15, 0.2) is 0 Å². The van der Waals surface area contributed by atoms with Crippen LogP contribution in [0.2, 0.25) is 0 Å². The smallest absolute Gasteiger partial charge is 0.221 e. The molecule has 0 bridgehead atoms. The highest BCUT2D eigenvalue weighted by Crippen LogP contribution is 2.39. The fraction of sp³-hybridized carbons (Fsp3) is 0.240. The number of ether oxygens (including phenoxy) is 1. The van der Waals surface area contributed by atoms with Gasteiger partial charge in [-0.05, 0) is 36.1 Å². The number of benzene rings is 2. The number of nitrogens with zero attached hydrogens (tertiary/aromatic N) is 3. The molecule has 2 aromatic heterocycles. The van der Waals surface area contributed by atoms with Crippen molar-refractivity contribution in [1.82, 2.24) is 14.4 Å². The average Bonchev–Trinajstić information content (AvgIpc) is 3.12. The van der Waals surface area contributed by atoms with Crippen LogP contribution >= 0.6 is 0 Å². The van der Waals surface area contributed by atoms with Crippen LogP contribution in [0.3, 0.4) is 0 Å². The van der Waals surface area contributed by atoms with Crippen molar-refractivity contribution in [3.05, 3.63) is 77.9 Å². The lowest BCUT2D eigenvalue weighted by atomic mass is 9.85. The summed E-state index contributed by atoms with van der Waals surface area (Å²) in [5.41, 5.74) is 16.0. The Labute approximate surface area is 186 Å². The molecule has 1 aliphatic rings. The molecule has 32 heavy (non-hydrogen) atoms. The van der Waals surface area contributed by atoms with Gasteiger partial charge >= 0.3 is 0 Å². The number of rotatable bonds is 7. The lowest BCUT2D eigenvalue weighted by molar-refractivity contribution is -0.117. The fourth-order valence-corrected chi connectivity index (χ4v) is 4.17. The lowest BCUT2D eigenvalue weighted by Crippen LogP contribution is -2.13. The van der Waals surface area contributed by atoms with Crippen molar-refractivity contribution in [1.29, 1.82) is 0 Å². The summed E-state index contributed by atoms with van der Waals surface area (Å²) in [7, 11) is 0. The predicted molar refractivity (Wildman–Crippen MR) is 123 cm³/mol. The van der Waals surface area contributed by atoms with Gasteiger partial charge in [-0.2, -0.15) is 0 Å². The topological polar surface area (TPSA) is 109 Å². The minimum absolute atomic E-state index is 0.218. The molecular weight excluding hydrogens is 402 g/mol. The molecule has 2 heterocycles. The Hall–Kier alpha value is -3.87. The van der Waals surface area contributed by atoms with Crippen LogP contribution in [0.5, 0.6) is 5.75 Å². The summed E-state index contributed by atoms with van der Waals surface area (Å²) < 4.78 is 8.13. The monoisotopic (exact) mass is 427 g/mol. The molecule has 0 aliphatic heterocycles.